The smallest absolute Gasteiger partial charge is 0.0469 e. The zero-order chi connectivity index (χ0) is 11.1. The second-order valence-corrected chi connectivity index (χ2v) is 5.46. The molecular weight excluding hydrogens is 196 g/mol. The van der Waals surface area contributed by atoms with Crippen LogP contribution in [-0.4, -0.2) is 11.0 Å². The largest absolute Gasteiger partial charge is 0.327 e. The minimum atomic E-state index is 0.415. The molecule has 16 heavy (non-hydrogen) atoms. The molecule has 86 valence electrons. The topological polar surface area (TPSA) is 38.9 Å². The summed E-state index contributed by atoms with van der Waals surface area (Å²) in [5, 5.41) is 0. The molecule has 2 N–H and O–H groups in total. The summed E-state index contributed by atoms with van der Waals surface area (Å²) in [4.78, 5) is 4.60. The average molecular weight is 216 g/mol. The van der Waals surface area contributed by atoms with Gasteiger partial charge in [-0.1, -0.05) is 13.0 Å². The van der Waals surface area contributed by atoms with E-state index in [9.17, 15) is 0 Å². The van der Waals surface area contributed by atoms with Crippen LogP contribution >= 0.6 is 0 Å². The SMILES string of the molecule is CC1C(N)CCC1C1CCc2cccnc21. The first-order valence-electron chi connectivity index (χ1n) is 6.46. The highest BCUT2D eigenvalue weighted by molar-refractivity contribution is 5.29. The highest BCUT2D eigenvalue weighted by Crippen LogP contribution is 2.46. The van der Waals surface area contributed by atoms with Crippen molar-refractivity contribution in [1.29, 1.82) is 0 Å². The van der Waals surface area contributed by atoms with E-state index in [-0.39, 0.29) is 0 Å². The monoisotopic (exact) mass is 216 g/mol. The molecule has 0 saturated heterocycles. The quantitative estimate of drug-likeness (QED) is 0.783. The number of fused-ring (bicyclic) bond motifs is 1. The minimum Gasteiger partial charge on any atom is -0.327 e. The molecule has 0 aromatic carbocycles. The maximum Gasteiger partial charge on any atom is 0.0469 e. The van der Waals surface area contributed by atoms with Crippen LogP contribution in [0.1, 0.15) is 43.4 Å². The van der Waals surface area contributed by atoms with E-state index in [1.807, 2.05) is 6.20 Å². The first kappa shape index (κ1) is 10.3. The first-order chi connectivity index (χ1) is 7.77. The Balaban J connectivity index is 1.88. The Bertz CT molecular complexity index is 388. The Morgan fingerprint density at radius 1 is 1.31 bits per heavy atom. The van der Waals surface area contributed by atoms with Gasteiger partial charge in [0.1, 0.15) is 0 Å². The van der Waals surface area contributed by atoms with Crippen LogP contribution in [0.5, 0.6) is 0 Å². The Kier molecular flexibility index (Phi) is 2.47. The van der Waals surface area contributed by atoms with Gasteiger partial charge in [-0.3, -0.25) is 4.98 Å². The number of nitrogens with zero attached hydrogens (tertiary/aromatic N) is 1. The van der Waals surface area contributed by atoms with Crippen molar-refractivity contribution >= 4 is 0 Å². The predicted octanol–water partition coefficient (Wildman–Crippen LogP) is 2.48. The summed E-state index contributed by atoms with van der Waals surface area (Å²) in [6.07, 6.45) is 6.94. The van der Waals surface area contributed by atoms with Gasteiger partial charge in [0.15, 0.2) is 0 Å². The van der Waals surface area contributed by atoms with Gasteiger partial charge in [-0.2, -0.15) is 0 Å². The van der Waals surface area contributed by atoms with Crippen molar-refractivity contribution in [3.8, 4) is 0 Å². The van der Waals surface area contributed by atoms with Crippen LogP contribution in [-0.2, 0) is 6.42 Å². The first-order valence-corrected chi connectivity index (χ1v) is 6.46. The summed E-state index contributed by atoms with van der Waals surface area (Å²) in [5.74, 6) is 2.11. The number of hydrogen-bond donors (Lipinski definition) is 1. The lowest BCUT2D eigenvalue weighted by Gasteiger charge is -2.24. The second kappa shape index (κ2) is 3.85. The standard InChI is InChI=1S/C14H20N2/c1-9-11(6-7-13(9)15)12-5-4-10-3-2-8-16-14(10)12/h2-3,8-9,11-13H,4-7,15H2,1H3. The van der Waals surface area contributed by atoms with Crippen LogP contribution in [0.4, 0.5) is 0 Å². The molecule has 2 aliphatic carbocycles. The fourth-order valence-corrected chi connectivity index (χ4v) is 3.66. The van der Waals surface area contributed by atoms with Crippen LogP contribution in [0, 0.1) is 11.8 Å². The lowest BCUT2D eigenvalue weighted by Crippen LogP contribution is -2.27. The molecular formula is C14H20N2. The maximum absolute atomic E-state index is 6.14. The molecule has 0 amide bonds. The third kappa shape index (κ3) is 1.47. The third-order valence-electron chi connectivity index (χ3n) is 4.70. The second-order valence-electron chi connectivity index (χ2n) is 5.46. The molecule has 2 aliphatic rings. The molecule has 4 unspecified atom stereocenters. The Labute approximate surface area is 97.3 Å². The van der Waals surface area contributed by atoms with Crippen molar-refractivity contribution in [1.82, 2.24) is 4.98 Å². The van der Waals surface area contributed by atoms with Crippen LogP contribution in [0.3, 0.4) is 0 Å². The van der Waals surface area contributed by atoms with E-state index in [2.05, 4.69) is 24.0 Å². The summed E-state index contributed by atoms with van der Waals surface area (Å²) in [6.45, 7) is 2.32. The molecule has 1 fully saturated rings. The Morgan fingerprint density at radius 2 is 2.19 bits per heavy atom. The predicted molar refractivity (Wildman–Crippen MR) is 65.2 cm³/mol. The van der Waals surface area contributed by atoms with Gasteiger partial charge in [0.05, 0.1) is 0 Å². The summed E-state index contributed by atoms with van der Waals surface area (Å²) >= 11 is 0. The number of rotatable bonds is 1. The van der Waals surface area contributed by atoms with E-state index in [1.54, 1.807) is 0 Å². The summed E-state index contributed by atoms with van der Waals surface area (Å²) in [5.41, 5.74) is 8.98. The Morgan fingerprint density at radius 3 is 2.94 bits per heavy atom. The molecule has 1 aromatic rings. The molecule has 0 spiro atoms. The van der Waals surface area contributed by atoms with Gasteiger partial charge < -0.3 is 5.73 Å². The van der Waals surface area contributed by atoms with Crippen molar-refractivity contribution in [3.63, 3.8) is 0 Å². The van der Waals surface area contributed by atoms with Gasteiger partial charge >= 0.3 is 0 Å². The highest BCUT2D eigenvalue weighted by atomic mass is 14.7. The van der Waals surface area contributed by atoms with E-state index < -0.39 is 0 Å². The van der Waals surface area contributed by atoms with Crippen molar-refractivity contribution in [2.75, 3.05) is 0 Å². The number of pyridine rings is 1. The van der Waals surface area contributed by atoms with Crippen LogP contribution < -0.4 is 5.73 Å². The number of nitrogens with two attached hydrogens (primary N) is 1. The van der Waals surface area contributed by atoms with Gasteiger partial charge in [-0.25, -0.2) is 0 Å². The fourth-order valence-electron chi connectivity index (χ4n) is 3.66. The van der Waals surface area contributed by atoms with Gasteiger partial charge in [0, 0.05) is 23.9 Å². The summed E-state index contributed by atoms with van der Waals surface area (Å²) in [6, 6.07) is 4.71. The molecule has 2 heteroatoms. The van der Waals surface area contributed by atoms with Gasteiger partial charge in [-0.05, 0) is 49.1 Å². The van der Waals surface area contributed by atoms with E-state index in [0.717, 1.165) is 5.92 Å². The molecule has 1 saturated carbocycles. The van der Waals surface area contributed by atoms with E-state index >= 15 is 0 Å². The summed E-state index contributed by atoms with van der Waals surface area (Å²) < 4.78 is 0. The van der Waals surface area contributed by atoms with Crippen LogP contribution in [0.2, 0.25) is 0 Å². The van der Waals surface area contributed by atoms with E-state index in [0.29, 0.717) is 17.9 Å². The van der Waals surface area contributed by atoms with Gasteiger partial charge in [-0.15, -0.1) is 0 Å². The number of aromatic nitrogens is 1. The van der Waals surface area contributed by atoms with Crippen molar-refractivity contribution in [2.45, 2.75) is 44.6 Å². The van der Waals surface area contributed by atoms with Crippen molar-refractivity contribution in [3.05, 3.63) is 29.6 Å². The van der Waals surface area contributed by atoms with Gasteiger partial charge in [0.2, 0.25) is 0 Å². The summed E-state index contributed by atoms with van der Waals surface area (Å²) in [7, 11) is 0. The lowest BCUT2D eigenvalue weighted by molar-refractivity contribution is 0.325. The normalized spacial score (nSPS) is 37.6. The lowest BCUT2D eigenvalue weighted by atomic mass is 9.82. The molecule has 1 heterocycles. The molecule has 0 bridgehead atoms. The molecule has 1 aromatic heterocycles. The number of aryl methyl sites for hydroxylation is 1. The van der Waals surface area contributed by atoms with Crippen LogP contribution in [0.15, 0.2) is 18.3 Å². The van der Waals surface area contributed by atoms with E-state index in [4.69, 9.17) is 5.73 Å². The Hall–Kier alpha value is -0.890. The molecule has 0 aliphatic heterocycles. The highest BCUT2D eigenvalue weighted by Gasteiger charge is 2.39. The zero-order valence-corrected chi connectivity index (χ0v) is 9.89. The van der Waals surface area contributed by atoms with E-state index in [1.165, 1.54) is 36.9 Å². The van der Waals surface area contributed by atoms with Gasteiger partial charge in [0.25, 0.3) is 0 Å². The molecule has 2 nitrogen and oxygen atoms in total. The van der Waals surface area contributed by atoms with Crippen molar-refractivity contribution in [2.24, 2.45) is 17.6 Å². The van der Waals surface area contributed by atoms with Crippen molar-refractivity contribution < 1.29 is 0 Å². The maximum atomic E-state index is 6.14. The minimum absolute atomic E-state index is 0.415. The molecule has 0 radical (unpaired) electrons. The third-order valence-corrected chi connectivity index (χ3v) is 4.70. The number of hydrogen-bond acceptors (Lipinski definition) is 2. The molecule has 4 atom stereocenters. The zero-order valence-electron chi connectivity index (χ0n) is 9.89. The average Bonchev–Trinajstić information content (AvgIpc) is 2.85. The fraction of sp³-hybridized carbons (Fsp3) is 0.643. The molecule has 3 rings (SSSR count). The van der Waals surface area contributed by atoms with Crippen LogP contribution in [0.25, 0.3) is 0 Å².